The minimum absolute atomic E-state index is 0.0426. The lowest BCUT2D eigenvalue weighted by atomic mass is 10.2. The SMILES string of the molecule is CCOCC(C)Nc1nc(Cl)ccc1C(=O)O. The van der Waals surface area contributed by atoms with E-state index in [1.807, 2.05) is 13.8 Å². The number of anilines is 1. The van der Waals surface area contributed by atoms with E-state index < -0.39 is 5.97 Å². The van der Waals surface area contributed by atoms with Gasteiger partial charge in [-0.25, -0.2) is 9.78 Å². The molecule has 0 radical (unpaired) electrons. The van der Waals surface area contributed by atoms with E-state index in [-0.39, 0.29) is 22.6 Å². The molecule has 0 aliphatic heterocycles. The summed E-state index contributed by atoms with van der Waals surface area (Å²) in [5.74, 6) is -0.780. The van der Waals surface area contributed by atoms with Gasteiger partial charge in [0.1, 0.15) is 16.5 Å². The van der Waals surface area contributed by atoms with E-state index in [9.17, 15) is 4.79 Å². The molecule has 1 rings (SSSR count). The molecule has 1 unspecified atom stereocenters. The van der Waals surface area contributed by atoms with Crippen LogP contribution in [0.3, 0.4) is 0 Å². The van der Waals surface area contributed by atoms with Crippen LogP contribution in [0.4, 0.5) is 5.82 Å². The van der Waals surface area contributed by atoms with Crippen molar-refractivity contribution in [1.82, 2.24) is 4.98 Å². The number of hydrogen-bond acceptors (Lipinski definition) is 4. The van der Waals surface area contributed by atoms with E-state index in [0.717, 1.165) is 0 Å². The molecule has 1 heterocycles. The molecule has 0 amide bonds. The molecule has 5 nitrogen and oxygen atoms in total. The number of rotatable bonds is 6. The van der Waals surface area contributed by atoms with Gasteiger partial charge >= 0.3 is 5.97 Å². The Morgan fingerprint density at radius 3 is 2.94 bits per heavy atom. The number of pyridine rings is 1. The molecule has 0 aliphatic rings. The van der Waals surface area contributed by atoms with Crippen LogP contribution in [-0.2, 0) is 4.74 Å². The van der Waals surface area contributed by atoms with Crippen LogP contribution in [0.15, 0.2) is 12.1 Å². The van der Waals surface area contributed by atoms with Crippen LogP contribution in [0.2, 0.25) is 5.15 Å². The van der Waals surface area contributed by atoms with E-state index >= 15 is 0 Å². The van der Waals surface area contributed by atoms with E-state index in [2.05, 4.69) is 10.3 Å². The highest BCUT2D eigenvalue weighted by Gasteiger charge is 2.14. The van der Waals surface area contributed by atoms with Crippen molar-refractivity contribution >= 4 is 23.4 Å². The molecule has 0 bridgehead atoms. The molecule has 17 heavy (non-hydrogen) atoms. The van der Waals surface area contributed by atoms with Gasteiger partial charge in [0.25, 0.3) is 0 Å². The number of nitrogens with zero attached hydrogens (tertiary/aromatic N) is 1. The number of aromatic nitrogens is 1. The Kier molecular flexibility index (Phi) is 5.18. The molecule has 1 aromatic heterocycles. The largest absolute Gasteiger partial charge is 0.478 e. The topological polar surface area (TPSA) is 71.5 Å². The fourth-order valence-corrected chi connectivity index (χ4v) is 1.44. The molecule has 1 aromatic rings. The first-order valence-electron chi connectivity index (χ1n) is 5.28. The van der Waals surface area contributed by atoms with Gasteiger partial charge < -0.3 is 15.2 Å². The van der Waals surface area contributed by atoms with Crippen molar-refractivity contribution in [2.75, 3.05) is 18.5 Å². The molecule has 0 saturated heterocycles. The maximum absolute atomic E-state index is 11.0. The maximum Gasteiger partial charge on any atom is 0.339 e. The van der Waals surface area contributed by atoms with Crippen molar-refractivity contribution < 1.29 is 14.6 Å². The Labute approximate surface area is 105 Å². The summed E-state index contributed by atoms with van der Waals surface area (Å²) in [5.41, 5.74) is 0.0951. The Balaban J connectivity index is 2.81. The van der Waals surface area contributed by atoms with E-state index in [1.54, 1.807) is 0 Å². The van der Waals surface area contributed by atoms with Gasteiger partial charge in [0, 0.05) is 12.6 Å². The first kappa shape index (κ1) is 13.7. The summed E-state index contributed by atoms with van der Waals surface area (Å²) in [6.07, 6.45) is 0. The maximum atomic E-state index is 11.0. The predicted octanol–water partition coefficient (Wildman–Crippen LogP) is 2.27. The molecule has 0 fully saturated rings. The number of carboxylic acids is 1. The van der Waals surface area contributed by atoms with Crippen molar-refractivity contribution in [3.63, 3.8) is 0 Å². The highest BCUT2D eigenvalue weighted by molar-refractivity contribution is 6.29. The van der Waals surface area contributed by atoms with Gasteiger partial charge in [-0.3, -0.25) is 0 Å². The minimum atomic E-state index is -1.04. The molecule has 1 atom stereocenters. The monoisotopic (exact) mass is 258 g/mol. The lowest BCUT2D eigenvalue weighted by Crippen LogP contribution is -2.23. The average Bonchev–Trinajstić information content (AvgIpc) is 2.26. The van der Waals surface area contributed by atoms with Crippen molar-refractivity contribution in [2.24, 2.45) is 0 Å². The fourth-order valence-electron chi connectivity index (χ4n) is 1.29. The third-order valence-electron chi connectivity index (χ3n) is 2.05. The number of carboxylic acid groups (broad SMARTS) is 1. The van der Waals surface area contributed by atoms with Gasteiger partial charge in [-0.05, 0) is 26.0 Å². The van der Waals surface area contributed by atoms with Crippen LogP contribution in [0, 0.1) is 0 Å². The molecule has 2 N–H and O–H groups in total. The second kappa shape index (κ2) is 6.42. The zero-order valence-corrected chi connectivity index (χ0v) is 10.5. The number of halogens is 1. The summed E-state index contributed by atoms with van der Waals surface area (Å²) in [4.78, 5) is 14.9. The normalized spacial score (nSPS) is 12.2. The number of ether oxygens (including phenoxy) is 1. The Hall–Kier alpha value is -1.33. The molecule has 0 spiro atoms. The van der Waals surface area contributed by atoms with Crippen LogP contribution in [-0.4, -0.2) is 35.3 Å². The van der Waals surface area contributed by atoms with Gasteiger partial charge in [0.15, 0.2) is 0 Å². The zero-order valence-electron chi connectivity index (χ0n) is 9.74. The third-order valence-corrected chi connectivity index (χ3v) is 2.26. The summed E-state index contributed by atoms with van der Waals surface area (Å²) in [7, 11) is 0. The van der Waals surface area contributed by atoms with Crippen molar-refractivity contribution in [3.8, 4) is 0 Å². The summed E-state index contributed by atoms with van der Waals surface area (Å²) in [6, 6.07) is 2.83. The molecule has 0 aliphatic carbocycles. The van der Waals surface area contributed by atoms with Crippen LogP contribution >= 0.6 is 11.6 Å². The second-order valence-corrected chi connectivity index (χ2v) is 3.93. The van der Waals surface area contributed by atoms with Gasteiger partial charge in [0.2, 0.25) is 0 Å². The third kappa shape index (κ3) is 4.20. The highest BCUT2D eigenvalue weighted by atomic mass is 35.5. The lowest BCUT2D eigenvalue weighted by molar-refractivity contribution is 0.0697. The number of aromatic carboxylic acids is 1. The Morgan fingerprint density at radius 2 is 2.35 bits per heavy atom. The smallest absolute Gasteiger partial charge is 0.339 e. The van der Waals surface area contributed by atoms with Crippen molar-refractivity contribution in [2.45, 2.75) is 19.9 Å². The van der Waals surface area contributed by atoms with Gasteiger partial charge in [0.05, 0.1) is 6.61 Å². The Morgan fingerprint density at radius 1 is 1.65 bits per heavy atom. The first-order chi connectivity index (χ1) is 8.04. The fraction of sp³-hybridized carbons (Fsp3) is 0.455. The molecule has 94 valence electrons. The lowest BCUT2D eigenvalue weighted by Gasteiger charge is -2.15. The average molecular weight is 259 g/mol. The van der Waals surface area contributed by atoms with Crippen LogP contribution in [0.5, 0.6) is 0 Å². The zero-order chi connectivity index (χ0) is 12.8. The van der Waals surface area contributed by atoms with Gasteiger partial charge in [-0.15, -0.1) is 0 Å². The van der Waals surface area contributed by atoms with Crippen LogP contribution < -0.4 is 5.32 Å². The number of carbonyl (C=O) groups is 1. The molecule has 0 aromatic carbocycles. The highest BCUT2D eigenvalue weighted by Crippen LogP contribution is 2.17. The molecular weight excluding hydrogens is 244 g/mol. The van der Waals surface area contributed by atoms with E-state index in [4.69, 9.17) is 21.4 Å². The second-order valence-electron chi connectivity index (χ2n) is 3.54. The molecule has 0 saturated carbocycles. The molecule has 6 heteroatoms. The van der Waals surface area contributed by atoms with E-state index in [0.29, 0.717) is 13.2 Å². The summed E-state index contributed by atoms with van der Waals surface area (Å²) in [5, 5.41) is 12.2. The predicted molar refractivity (Wildman–Crippen MR) is 65.8 cm³/mol. The standard InChI is InChI=1S/C11H15ClN2O3/c1-3-17-6-7(2)13-10-8(11(15)16)4-5-9(12)14-10/h4-5,7H,3,6H2,1-2H3,(H,13,14)(H,15,16). The number of hydrogen-bond donors (Lipinski definition) is 2. The quantitative estimate of drug-likeness (QED) is 0.766. The molecular formula is C11H15ClN2O3. The van der Waals surface area contributed by atoms with E-state index in [1.165, 1.54) is 12.1 Å². The first-order valence-corrected chi connectivity index (χ1v) is 5.66. The van der Waals surface area contributed by atoms with Gasteiger partial charge in [-0.2, -0.15) is 0 Å². The van der Waals surface area contributed by atoms with Crippen LogP contribution in [0.1, 0.15) is 24.2 Å². The van der Waals surface area contributed by atoms with Crippen molar-refractivity contribution in [1.29, 1.82) is 0 Å². The van der Waals surface area contributed by atoms with Crippen LogP contribution in [0.25, 0.3) is 0 Å². The minimum Gasteiger partial charge on any atom is -0.478 e. The van der Waals surface area contributed by atoms with Crippen molar-refractivity contribution in [3.05, 3.63) is 22.8 Å². The summed E-state index contributed by atoms with van der Waals surface area (Å²) >= 11 is 5.73. The number of nitrogens with one attached hydrogen (secondary N) is 1. The van der Waals surface area contributed by atoms with Gasteiger partial charge in [-0.1, -0.05) is 11.6 Å². The Bertz CT molecular complexity index is 398. The summed E-state index contributed by atoms with van der Waals surface area (Å²) < 4.78 is 5.23. The summed E-state index contributed by atoms with van der Waals surface area (Å²) in [6.45, 7) is 4.86.